The summed E-state index contributed by atoms with van der Waals surface area (Å²) in [4.78, 5) is 8.79. The number of phosphoric acid groups is 1. The first-order valence-corrected chi connectivity index (χ1v) is 5.80. The van der Waals surface area contributed by atoms with Crippen molar-refractivity contribution < 1.29 is 28.0 Å². The maximum atomic E-state index is 10.7. The minimum Gasteiger partial charge on any atom is -0.379 e. The predicted molar refractivity (Wildman–Crippen MR) is 50.1 cm³/mol. The van der Waals surface area contributed by atoms with Gasteiger partial charge in [0.1, 0.15) is 0 Å². The Morgan fingerprint density at radius 1 is 1.14 bits per heavy atom. The van der Waals surface area contributed by atoms with E-state index in [1.54, 1.807) is 0 Å². The van der Waals surface area contributed by atoms with Gasteiger partial charge in [0.2, 0.25) is 0 Å². The molecule has 0 fully saturated rings. The number of phosphoric ester groups is 1. The average Bonchev–Trinajstić information content (AvgIpc) is 2.16. The zero-order valence-corrected chi connectivity index (χ0v) is 9.37. The molecule has 0 radical (unpaired) electrons. The van der Waals surface area contributed by atoms with E-state index in [2.05, 4.69) is 9.05 Å². The summed E-state index contributed by atoms with van der Waals surface area (Å²) in [5, 5.41) is 0. The SMILES string of the molecule is CCOCCOCCOP(=O)(O)OC. The Morgan fingerprint density at radius 3 is 2.29 bits per heavy atom. The van der Waals surface area contributed by atoms with E-state index in [9.17, 15) is 4.57 Å². The maximum absolute atomic E-state index is 10.7. The summed E-state index contributed by atoms with van der Waals surface area (Å²) in [6.45, 7) is 3.76. The van der Waals surface area contributed by atoms with E-state index in [4.69, 9.17) is 14.4 Å². The molecule has 7 heteroatoms. The summed E-state index contributed by atoms with van der Waals surface area (Å²) in [6.07, 6.45) is 0. The van der Waals surface area contributed by atoms with Gasteiger partial charge in [-0.25, -0.2) is 4.57 Å². The van der Waals surface area contributed by atoms with E-state index in [0.717, 1.165) is 7.11 Å². The van der Waals surface area contributed by atoms with Crippen molar-refractivity contribution in [1.29, 1.82) is 0 Å². The first kappa shape index (κ1) is 14.0. The van der Waals surface area contributed by atoms with Gasteiger partial charge in [-0.3, -0.25) is 9.05 Å². The molecule has 1 atom stereocenters. The first-order valence-electron chi connectivity index (χ1n) is 4.31. The van der Waals surface area contributed by atoms with Crippen molar-refractivity contribution in [3.63, 3.8) is 0 Å². The van der Waals surface area contributed by atoms with Crippen LogP contribution in [0.3, 0.4) is 0 Å². The highest BCUT2D eigenvalue weighted by Gasteiger charge is 2.17. The Hall–Kier alpha value is 0.0300. The van der Waals surface area contributed by atoms with Crippen LogP contribution in [0.5, 0.6) is 0 Å². The fourth-order valence-corrected chi connectivity index (χ4v) is 1.04. The zero-order valence-electron chi connectivity index (χ0n) is 8.47. The van der Waals surface area contributed by atoms with Crippen LogP contribution in [0.4, 0.5) is 0 Å². The molecule has 14 heavy (non-hydrogen) atoms. The van der Waals surface area contributed by atoms with Crippen LogP contribution >= 0.6 is 7.82 Å². The molecule has 6 nitrogen and oxygen atoms in total. The smallest absolute Gasteiger partial charge is 0.379 e. The highest BCUT2D eigenvalue weighted by atomic mass is 31.2. The van der Waals surface area contributed by atoms with E-state index < -0.39 is 7.82 Å². The highest BCUT2D eigenvalue weighted by molar-refractivity contribution is 7.47. The lowest BCUT2D eigenvalue weighted by molar-refractivity contribution is 0.0348. The molecule has 0 saturated carbocycles. The molecule has 0 aliphatic carbocycles. The maximum Gasteiger partial charge on any atom is 0.471 e. The molecule has 86 valence electrons. The van der Waals surface area contributed by atoms with Gasteiger partial charge in [0.25, 0.3) is 0 Å². The van der Waals surface area contributed by atoms with Crippen molar-refractivity contribution in [3.8, 4) is 0 Å². The lowest BCUT2D eigenvalue weighted by atomic mass is 10.7. The summed E-state index contributed by atoms with van der Waals surface area (Å²) in [5.41, 5.74) is 0. The van der Waals surface area contributed by atoms with Gasteiger partial charge in [0, 0.05) is 13.7 Å². The van der Waals surface area contributed by atoms with Crippen LogP contribution < -0.4 is 0 Å². The van der Waals surface area contributed by atoms with Gasteiger partial charge in [-0.2, -0.15) is 0 Å². The van der Waals surface area contributed by atoms with Gasteiger partial charge < -0.3 is 14.4 Å². The molecule has 0 spiro atoms. The minimum atomic E-state index is -3.85. The van der Waals surface area contributed by atoms with Gasteiger partial charge in [-0.1, -0.05) is 0 Å². The fourth-order valence-electron chi connectivity index (χ4n) is 0.629. The fraction of sp³-hybridized carbons (Fsp3) is 1.00. The van der Waals surface area contributed by atoms with Crippen LogP contribution in [-0.4, -0.2) is 45.0 Å². The molecule has 1 N–H and O–H groups in total. The molecule has 0 bridgehead atoms. The normalized spacial score (nSPS) is 15.4. The highest BCUT2D eigenvalue weighted by Crippen LogP contribution is 2.41. The van der Waals surface area contributed by atoms with Crippen LogP contribution in [-0.2, 0) is 23.1 Å². The molecule has 1 unspecified atom stereocenters. The lowest BCUT2D eigenvalue weighted by Gasteiger charge is -2.09. The molecule has 0 aliphatic heterocycles. The first-order chi connectivity index (χ1) is 6.62. The Kier molecular flexibility index (Phi) is 8.37. The summed E-state index contributed by atoms with van der Waals surface area (Å²) < 4.78 is 29.5. The van der Waals surface area contributed by atoms with Gasteiger partial charge in [0.15, 0.2) is 0 Å². The van der Waals surface area contributed by atoms with Crippen molar-refractivity contribution in [2.75, 3.05) is 40.1 Å². The van der Waals surface area contributed by atoms with Crippen LogP contribution in [0, 0.1) is 0 Å². The van der Waals surface area contributed by atoms with Crippen molar-refractivity contribution in [2.45, 2.75) is 6.92 Å². The molecule has 0 heterocycles. The number of hydrogen-bond acceptors (Lipinski definition) is 5. The number of rotatable bonds is 9. The van der Waals surface area contributed by atoms with Crippen LogP contribution in [0.2, 0.25) is 0 Å². The third kappa shape index (κ3) is 8.62. The monoisotopic (exact) mass is 228 g/mol. The van der Waals surface area contributed by atoms with Crippen molar-refractivity contribution in [1.82, 2.24) is 0 Å². The Morgan fingerprint density at radius 2 is 1.71 bits per heavy atom. The van der Waals surface area contributed by atoms with E-state index in [0.29, 0.717) is 19.8 Å². The largest absolute Gasteiger partial charge is 0.471 e. The number of hydrogen-bond donors (Lipinski definition) is 1. The third-order valence-corrected chi connectivity index (χ3v) is 2.26. The average molecular weight is 228 g/mol. The Balaban J connectivity index is 3.17. The molecule has 0 rings (SSSR count). The molecule has 0 saturated heterocycles. The second-order valence-corrected chi connectivity index (χ2v) is 3.85. The molecular formula is C7H17O6P. The summed E-state index contributed by atoms with van der Waals surface area (Å²) >= 11 is 0. The van der Waals surface area contributed by atoms with E-state index in [1.165, 1.54) is 0 Å². The lowest BCUT2D eigenvalue weighted by Crippen LogP contribution is -2.08. The Labute approximate surface area is 83.7 Å². The summed E-state index contributed by atoms with van der Waals surface area (Å²) in [7, 11) is -2.74. The minimum absolute atomic E-state index is 0.0216. The zero-order chi connectivity index (χ0) is 10.9. The van der Waals surface area contributed by atoms with E-state index >= 15 is 0 Å². The standard InChI is InChI=1S/C7H17O6P/c1-3-11-4-5-12-6-7-13-14(8,9)10-2/h3-7H2,1-2H3,(H,8,9). The van der Waals surface area contributed by atoms with Gasteiger partial charge >= 0.3 is 7.82 Å². The van der Waals surface area contributed by atoms with Crippen molar-refractivity contribution in [3.05, 3.63) is 0 Å². The molecule has 0 aromatic rings. The van der Waals surface area contributed by atoms with Crippen molar-refractivity contribution >= 4 is 7.82 Å². The predicted octanol–water partition coefficient (Wildman–Crippen LogP) is 0.803. The summed E-state index contributed by atoms with van der Waals surface area (Å²) in [5.74, 6) is 0. The molecular weight excluding hydrogens is 211 g/mol. The second-order valence-electron chi connectivity index (χ2n) is 2.29. The van der Waals surface area contributed by atoms with Crippen LogP contribution in [0.15, 0.2) is 0 Å². The summed E-state index contributed by atoms with van der Waals surface area (Å²) in [6, 6.07) is 0. The molecule has 0 aromatic carbocycles. The van der Waals surface area contributed by atoms with Crippen LogP contribution in [0.25, 0.3) is 0 Å². The van der Waals surface area contributed by atoms with Gasteiger partial charge in [0.05, 0.1) is 26.4 Å². The van der Waals surface area contributed by atoms with Crippen molar-refractivity contribution in [2.24, 2.45) is 0 Å². The molecule has 0 amide bonds. The van der Waals surface area contributed by atoms with E-state index in [-0.39, 0.29) is 13.2 Å². The molecule has 0 aromatic heterocycles. The topological polar surface area (TPSA) is 74.2 Å². The van der Waals surface area contributed by atoms with E-state index in [1.807, 2.05) is 6.92 Å². The molecule has 0 aliphatic rings. The van der Waals surface area contributed by atoms with Gasteiger partial charge in [-0.05, 0) is 6.92 Å². The van der Waals surface area contributed by atoms with Crippen LogP contribution in [0.1, 0.15) is 6.92 Å². The van der Waals surface area contributed by atoms with Gasteiger partial charge in [-0.15, -0.1) is 0 Å². The number of ether oxygens (including phenoxy) is 2. The quantitative estimate of drug-likeness (QED) is 0.465. The third-order valence-electron chi connectivity index (χ3n) is 1.29. The second kappa shape index (κ2) is 8.35. The Bertz CT molecular complexity index is 174.